The number of hydrogen-bond acceptors (Lipinski definition) is 5. The number of rotatable bonds is 4. The first-order chi connectivity index (χ1) is 9.89. The fraction of sp³-hybridized carbons (Fsp3) is 0.833. The number of carboxylic acid groups (broad SMARTS) is 1. The second-order valence-electron chi connectivity index (χ2n) is 5.27. The van der Waals surface area contributed by atoms with E-state index in [2.05, 4.69) is 5.32 Å². The SMILES string of the molecule is CNC(=O)C1COCCN1S(=O)(=O)C1CCCC1C(=O)O. The lowest BCUT2D eigenvalue weighted by Crippen LogP contribution is -2.57. The minimum atomic E-state index is -3.85. The predicted molar refractivity (Wildman–Crippen MR) is 73.1 cm³/mol. The lowest BCUT2D eigenvalue weighted by molar-refractivity contribution is -0.141. The Bertz CT molecular complexity index is 520. The Hall–Kier alpha value is -1.19. The maximum Gasteiger partial charge on any atom is 0.307 e. The molecular weight excluding hydrogens is 300 g/mol. The Kier molecular flexibility index (Phi) is 4.84. The van der Waals surface area contributed by atoms with Gasteiger partial charge in [-0.25, -0.2) is 8.42 Å². The Balaban J connectivity index is 2.28. The third-order valence-electron chi connectivity index (χ3n) is 4.11. The molecule has 3 unspecified atom stereocenters. The smallest absolute Gasteiger partial charge is 0.307 e. The van der Waals surface area contributed by atoms with Crippen LogP contribution in [-0.4, -0.2) is 67.8 Å². The number of nitrogens with one attached hydrogen (secondary N) is 1. The minimum Gasteiger partial charge on any atom is -0.481 e. The number of carbonyl (C=O) groups is 2. The first-order valence-corrected chi connectivity index (χ1v) is 8.42. The fourth-order valence-corrected chi connectivity index (χ4v) is 5.33. The zero-order chi connectivity index (χ0) is 15.6. The summed E-state index contributed by atoms with van der Waals surface area (Å²) in [5.41, 5.74) is 0. The molecule has 2 rings (SSSR count). The number of nitrogens with zero attached hydrogens (tertiary/aromatic N) is 1. The van der Waals surface area contributed by atoms with E-state index in [4.69, 9.17) is 4.74 Å². The lowest BCUT2D eigenvalue weighted by Gasteiger charge is -2.35. The van der Waals surface area contributed by atoms with Gasteiger partial charge in [0.25, 0.3) is 0 Å². The van der Waals surface area contributed by atoms with Crippen LogP contribution in [0.3, 0.4) is 0 Å². The quantitative estimate of drug-likeness (QED) is 0.688. The van der Waals surface area contributed by atoms with E-state index in [0.717, 1.165) is 4.31 Å². The average Bonchev–Trinajstić information content (AvgIpc) is 2.97. The molecule has 2 aliphatic rings. The molecule has 3 atom stereocenters. The fourth-order valence-electron chi connectivity index (χ4n) is 3.01. The van der Waals surface area contributed by atoms with E-state index in [9.17, 15) is 23.1 Å². The third-order valence-corrected chi connectivity index (χ3v) is 6.53. The molecule has 1 saturated heterocycles. The van der Waals surface area contributed by atoms with Gasteiger partial charge in [-0.1, -0.05) is 6.42 Å². The average molecular weight is 320 g/mol. The Morgan fingerprint density at radius 2 is 2.05 bits per heavy atom. The summed E-state index contributed by atoms with van der Waals surface area (Å²) in [4.78, 5) is 23.1. The number of ether oxygens (including phenoxy) is 1. The lowest BCUT2D eigenvalue weighted by atomic mass is 10.1. The molecular formula is C12H20N2O6S. The van der Waals surface area contributed by atoms with Gasteiger partial charge in [-0.3, -0.25) is 9.59 Å². The van der Waals surface area contributed by atoms with Crippen LogP contribution in [-0.2, 0) is 24.3 Å². The van der Waals surface area contributed by atoms with Gasteiger partial charge >= 0.3 is 5.97 Å². The third kappa shape index (κ3) is 3.04. The summed E-state index contributed by atoms with van der Waals surface area (Å²) in [6.45, 7) is 0.268. The van der Waals surface area contributed by atoms with Crippen molar-refractivity contribution in [3.05, 3.63) is 0 Å². The number of carbonyl (C=O) groups excluding carboxylic acids is 1. The maximum atomic E-state index is 12.8. The topological polar surface area (TPSA) is 113 Å². The van der Waals surface area contributed by atoms with Crippen molar-refractivity contribution in [3.8, 4) is 0 Å². The van der Waals surface area contributed by atoms with Crippen molar-refractivity contribution in [2.75, 3.05) is 26.8 Å². The summed E-state index contributed by atoms with van der Waals surface area (Å²) in [5, 5.41) is 10.6. The van der Waals surface area contributed by atoms with E-state index in [1.165, 1.54) is 7.05 Å². The highest BCUT2D eigenvalue weighted by Crippen LogP contribution is 2.34. The second kappa shape index (κ2) is 6.29. The van der Waals surface area contributed by atoms with E-state index in [1.54, 1.807) is 0 Å². The van der Waals surface area contributed by atoms with Gasteiger partial charge in [0.2, 0.25) is 15.9 Å². The van der Waals surface area contributed by atoms with Crippen molar-refractivity contribution in [2.45, 2.75) is 30.6 Å². The molecule has 2 fully saturated rings. The highest BCUT2D eigenvalue weighted by Gasteiger charge is 2.47. The van der Waals surface area contributed by atoms with E-state index in [1.807, 2.05) is 0 Å². The molecule has 0 radical (unpaired) electrons. The van der Waals surface area contributed by atoms with Crippen molar-refractivity contribution in [1.82, 2.24) is 9.62 Å². The number of carboxylic acids is 1. The molecule has 1 heterocycles. The predicted octanol–water partition coefficient (Wildman–Crippen LogP) is -0.984. The number of hydrogen-bond donors (Lipinski definition) is 2. The van der Waals surface area contributed by atoms with Crippen molar-refractivity contribution in [1.29, 1.82) is 0 Å². The standard InChI is InChI=1S/C12H20N2O6S/c1-13-11(15)9-7-20-6-5-14(9)21(18,19)10-4-2-3-8(10)12(16)17/h8-10H,2-7H2,1H3,(H,13,15)(H,16,17). The molecule has 0 bridgehead atoms. The van der Waals surface area contributed by atoms with Crippen LogP contribution >= 0.6 is 0 Å². The number of sulfonamides is 1. The van der Waals surface area contributed by atoms with Crippen LogP contribution in [0.15, 0.2) is 0 Å². The zero-order valence-electron chi connectivity index (χ0n) is 11.8. The molecule has 9 heteroatoms. The summed E-state index contributed by atoms with van der Waals surface area (Å²) in [5.74, 6) is -2.43. The molecule has 2 N–H and O–H groups in total. The Morgan fingerprint density at radius 1 is 1.33 bits per heavy atom. The van der Waals surface area contributed by atoms with Crippen LogP contribution in [0.5, 0.6) is 0 Å². The van der Waals surface area contributed by atoms with Gasteiger partial charge in [0, 0.05) is 13.6 Å². The largest absolute Gasteiger partial charge is 0.481 e. The maximum absolute atomic E-state index is 12.8. The van der Waals surface area contributed by atoms with Gasteiger partial charge in [-0.15, -0.1) is 0 Å². The van der Waals surface area contributed by atoms with Crippen LogP contribution in [0.1, 0.15) is 19.3 Å². The van der Waals surface area contributed by atoms with Crippen LogP contribution in [0, 0.1) is 5.92 Å². The molecule has 8 nitrogen and oxygen atoms in total. The molecule has 1 aliphatic carbocycles. The summed E-state index contributed by atoms with van der Waals surface area (Å²) < 4.78 is 31.8. The van der Waals surface area contributed by atoms with Gasteiger partial charge in [0.05, 0.1) is 24.4 Å². The van der Waals surface area contributed by atoms with Crippen molar-refractivity contribution in [2.24, 2.45) is 5.92 Å². The van der Waals surface area contributed by atoms with Crippen LogP contribution in [0.25, 0.3) is 0 Å². The van der Waals surface area contributed by atoms with Gasteiger partial charge in [-0.2, -0.15) is 4.31 Å². The van der Waals surface area contributed by atoms with E-state index in [-0.39, 0.29) is 19.8 Å². The second-order valence-corrected chi connectivity index (χ2v) is 7.38. The Labute approximate surface area is 123 Å². The molecule has 120 valence electrons. The summed E-state index contributed by atoms with van der Waals surface area (Å²) in [6, 6.07) is -0.927. The molecule has 0 aromatic carbocycles. The first kappa shape index (κ1) is 16.2. The van der Waals surface area contributed by atoms with Crippen molar-refractivity contribution < 1.29 is 27.9 Å². The van der Waals surface area contributed by atoms with E-state index >= 15 is 0 Å². The van der Waals surface area contributed by atoms with Crippen LogP contribution < -0.4 is 5.32 Å². The van der Waals surface area contributed by atoms with Gasteiger partial charge < -0.3 is 15.2 Å². The van der Waals surface area contributed by atoms with Gasteiger partial charge in [0.1, 0.15) is 6.04 Å². The molecule has 0 spiro atoms. The number of morpholine rings is 1. The minimum absolute atomic E-state index is 0.0106. The Morgan fingerprint density at radius 3 is 2.67 bits per heavy atom. The molecule has 1 aliphatic heterocycles. The highest BCUT2D eigenvalue weighted by molar-refractivity contribution is 7.89. The summed E-state index contributed by atoms with van der Waals surface area (Å²) in [7, 11) is -2.42. The van der Waals surface area contributed by atoms with E-state index < -0.39 is 39.1 Å². The monoisotopic (exact) mass is 320 g/mol. The molecule has 0 aromatic rings. The number of amides is 1. The summed E-state index contributed by atoms with van der Waals surface area (Å²) >= 11 is 0. The van der Waals surface area contributed by atoms with Crippen molar-refractivity contribution in [3.63, 3.8) is 0 Å². The number of likely N-dealkylation sites (N-methyl/N-ethyl adjacent to an activating group) is 1. The molecule has 1 amide bonds. The molecule has 0 aromatic heterocycles. The zero-order valence-corrected chi connectivity index (χ0v) is 12.6. The van der Waals surface area contributed by atoms with E-state index in [0.29, 0.717) is 19.3 Å². The van der Waals surface area contributed by atoms with Gasteiger partial charge in [-0.05, 0) is 12.8 Å². The van der Waals surface area contributed by atoms with Crippen molar-refractivity contribution >= 4 is 21.9 Å². The molecule has 21 heavy (non-hydrogen) atoms. The first-order valence-electron chi connectivity index (χ1n) is 6.92. The van der Waals surface area contributed by atoms with Crippen LogP contribution in [0.2, 0.25) is 0 Å². The highest BCUT2D eigenvalue weighted by atomic mass is 32.2. The van der Waals surface area contributed by atoms with Gasteiger partial charge in [0.15, 0.2) is 0 Å². The summed E-state index contributed by atoms with van der Waals surface area (Å²) in [6.07, 6.45) is 1.24. The normalized spacial score (nSPS) is 31.0. The molecule has 1 saturated carbocycles. The van der Waals surface area contributed by atoms with Crippen LogP contribution in [0.4, 0.5) is 0 Å². The number of aliphatic carboxylic acids is 1.